The van der Waals surface area contributed by atoms with Crippen LogP contribution in [0, 0.1) is 5.92 Å². The summed E-state index contributed by atoms with van der Waals surface area (Å²) in [5.41, 5.74) is 0.295. The van der Waals surface area contributed by atoms with Crippen LogP contribution in [0.25, 0.3) is 0 Å². The molecule has 0 aliphatic carbocycles. The molecule has 0 saturated carbocycles. The van der Waals surface area contributed by atoms with Crippen molar-refractivity contribution >= 4 is 29.2 Å². The van der Waals surface area contributed by atoms with Crippen LogP contribution in [0.5, 0.6) is 0 Å². The molecule has 1 aromatic rings. The van der Waals surface area contributed by atoms with Crippen molar-refractivity contribution in [1.29, 1.82) is 0 Å². The van der Waals surface area contributed by atoms with Gasteiger partial charge in [0, 0.05) is 11.4 Å². The maximum absolute atomic E-state index is 12.0. The lowest BCUT2D eigenvalue weighted by atomic mass is 9.96. The first-order valence-electron chi connectivity index (χ1n) is 6.59. The van der Waals surface area contributed by atoms with Gasteiger partial charge in [0.25, 0.3) is 0 Å². The van der Waals surface area contributed by atoms with Crippen LogP contribution >= 0.6 is 11.6 Å². The molecule has 1 aromatic carbocycles. The van der Waals surface area contributed by atoms with Gasteiger partial charge in [-0.15, -0.1) is 0 Å². The fraction of sp³-hybridized carbons (Fsp3) is 0.429. The van der Waals surface area contributed by atoms with Gasteiger partial charge in [0.1, 0.15) is 0 Å². The number of benzene rings is 1. The highest BCUT2D eigenvalue weighted by Gasteiger charge is 2.18. The molecular formula is C14H17ClN2O3. The minimum Gasteiger partial charge on any atom is -0.478 e. The van der Waals surface area contributed by atoms with Gasteiger partial charge >= 0.3 is 5.97 Å². The number of carboxylic acids is 1. The first-order chi connectivity index (χ1) is 9.56. The summed E-state index contributed by atoms with van der Waals surface area (Å²) in [4.78, 5) is 23.1. The predicted molar refractivity (Wildman–Crippen MR) is 77.3 cm³/mol. The molecule has 1 atom stereocenters. The predicted octanol–water partition coefficient (Wildman–Crippen LogP) is 2.37. The van der Waals surface area contributed by atoms with Crippen molar-refractivity contribution in [3.05, 3.63) is 28.8 Å². The van der Waals surface area contributed by atoms with Crippen LogP contribution in [0.15, 0.2) is 18.2 Å². The molecule has 0 aromatic heterocycles. The Morgan fingerprint density at radius 3 is 2.90 bits per heavy atom. The van der Waals surface area contributed by atoms with Crippen LogP contribution in [-0.4, -0.2) is 30.1 Å². The van der Waals surface area contributed by atoms with Crippen molar-refractivity contribution in [2.24, 2.45) is 5.92 Å². The normalized spacial score (nSPS) is 18.6. The molecule has 0 spiro atoms. The fourth-order valence-electron chi connectivity index (χ4n) is 2.37. The average molecular weight is 297 g/mol. The van der Waals surface area contributed by atoms with E-state index in [0.717, 1.165) is 25.9 Å². The number of carboxylic acid groups (broad SMARTS) is 1. The van der Waals surface area contributed by atoms with E-state index in [2.05, 4.69) is 10.6 Å². The number of carbonyl (C=O) groups is 2. The van der Waals surface area contributed by atoms with Crippen molar-refractivity contribution in [2.75, 3.05) is 18.4 Å². The van der Waals surface area contributed by atoms with Crippen LogP contribution in [-0.2, 0) is 4.79 Å². The molecular weight excluding hydrogens is 280 g/mol. The summed E-state index contributed by atoms with van der Waals surface area (Å²) in [7, 11) is 0. The van der Waals surface area contributed by atoms with Gasteiger partial charge in [-0.2, -0.15) is 0 Å². The Labute approximate surface area is 122 Å². The highest BCUT2D eigenvalue weighted by molar-refractivity contribution is 6.31. The summed E-state index contributed by atoms with van der Waals surface area (Å²) < 4.78 is 0. The SMILES string of the molecule is O=C(CC1CCCNC1)Nc1cc(Cl)ccc1C(=O)O. The van der Waals surface area contributed by atoms with E-state index in [4.69, 9.17) is 16.7 Å². The van der Waals surface area contributed by atoms with Crippen molar-refractivity contribution < 1.29 is 14.7 Å². The van der Waals surface area contributed by atoms with Gasteiger partial charge in [-0.1, -0.05) is 11.6 Å². The van der Waals surface area contributed by atoms with Gasteiger partial charge < -0.3 is 15.7 Å². The van der Waals surface area contributed by atoms with Gasteiger partial charge in [0.2, 0.25) is 5.91 Å². The van der Waals surface area contributed by atoms with Crippen molar-refractivity contribution in [3.8, 4) is 0 Å². The van der Waals surface area contributed by atoms with Crippen LogP contribution in [0.3, 0.4) is 0 Å². The Bertz CT molecular complexity index is 513. The third-order valence-electron chi connectivity index (χ3n) is 3.36. The fourth-order valence-corrected chi connectivity index (χ4v) is 2.54. The smallest absolute Gasteiger partial charge is 0.337 e. The Balaban J connectivity index is 2.03. The summed E-state index contributed by atoms with van der Waals surface area (Å²) in [6.07, 6.45) is 2.47. The molecule has 1 aliphatic heterocycles. The van der Waals surface area contributed by atoms with Gasteiger partial charge in [-0.3, -0.25) is 4.79 Å². The third-order valence-corrected chi connectivity index (χ3v) is 3.59. The molecule has 6 heteroatoms. The van der Waals surface area contributed by atoms with Gasteiger partial charge in [0.15, 0.2) is 0 Å². The van der Waals surface area contributed by atoms with Gasteiger partial charge in [-0.25, -0.2) is 4.79 Å². The van der Waals surface area contributed by atoms with E-state index >= 15 is 0 Å². The van der Waals surface area contributed by atoms with E-state index in [9.17, 15) is 9.59 Å². The number of piperidine rings is 1. The van der Waals surface area contributed by atoms with Crippen molar-refractivity contribution in [3.63, 3.8) is 0 Å². The largest absolute Gasteiger partial charge is 0.478 e. The number of carbonyl (C=O) groups excluding carboxylic acids is 1. The standard InChI is InChI=1S/C14H17ClN2O3/c15-10-3-4-11(14(19)20)12(7-10)17-13(18)6-9-2-1-5-16-8-9/h3-4,7,9,16H,1-2,5-6,8H2,(H,17,18)(H,19,20). The molecule has 1 heterocycles. The molecule has 1 amide bonds. The van der Waals surface area contributed by atoms with E-state index in [0.29, 0.717) is 17.4 Å². The second-order valence-corrected chi connectivity index (χ2v) is 5.40. The van der Waals surface area contributed by atoms with Gasteiger partial charge in [0.05, 0.1) is 11.3 Å². The zero-order valence-corrected chi connectivity index (χ0v) is 11.7. The monoisotopic (exact) mass is 296 g/mol. The van der Waals surface area contributed by atoms with Gasteiger partial charge in [-0.05, 0) is 50.0 Å². The molecule has 1 fully saturated rings. The molecule has 1 aliphatic rings. The molecule has 2 rings (SSSR count). The Hall–Kier alpha value is -1.59. The number of halogens is 1. The Morgan fingerprint density at radius 1 is 1.45 bits per heavy atom. The zero-order chi connectivity index (χ0) is 14.5. The summed E-state index contributed by atoms with van der Waals surface area (Å²) in [5.74, 6) is -0.962. The van der Waals surface area contributed by atoms with E-state index in [-0.39, 0.29) is 17.2 Å². The second-order valence-electron chi connectivity index (χ2n) is 4.96. The van der Waals surface area contributed by atoms with Crippen molar-refractivity contribution in [1.82, 2.24) is 5.32 Å². The number of nitrogens with one attached hydrogen (secondary N) is 2. The molecule has 0 bridgehead atoms. The number of rotatable bonds is 4. The molecule has 5 nitrogen and oxygen atoms in total. The number of hydrogen-bond donors (Lipinski definition) is 3. The molecule has 20 heavy (non-hydrogen) atoms. The van der Waals surface area contributed by atoms with E-state index < -0.39 is 5.97 Å². The zero-order valence-electron chi connectivity index (χ0n) is 11.0. The summed E-state index contributed by atoms with van der Waals surface area (Å²) >= 11 is 5.84. The van der Waals surface area contributed by atoms with E-state index in [1.54, 1.807) is 0 Å². The number of amides is 1. The van der Waals surface area contributed by atoms with Crippen LogP contribution in [0.4, 0.5) is 5.69 Å². The van der Waals surface area contributed by atoms with Crippen molar-refractivity contribution in [2.45, 2.75) is 19.3 Å². The number of hydrogen-bond acceptors (Lipinski definition) is 3. The minimum absolute atomic E-state index is 0.0459. The highest BCUT2D eigenvalue weighted by Crippen LogP contribution is 2.22. The highest BCUT2D eigenvalue weighted by atomic mass is 35.5. The number of anilines is 1. The average Bonchev–Trinajstić information content (AvgIpc) is 2.39. The van der Waals surface area contributed by atoms with E-state index in [1.165, 1.54) is 18.2 Å². The molecule has 0 radical (unpaired) electrons. The van der Waals surface area contributed by atoms with E-state index in [1.807, 2.05) is 0 Å². The molecule has 3 N–H and O–H groups in total. The lowest BCUT2D eigenvalue weighted by Gasteiger charge is -2.22. The first-order valence-corrected chi connectivity index (χ1v) is 6.97. The van der Waals surface area contributed by atoms with Crippen LogP contribution in [0.2, 0.25) is 5.02 Å². The lowest BCUT2D eigenvalue weighted by Crippen LogP contribution is -2.32. The maximum atomic E-state index is 12.0. The third kappa shape index (κ3) is 3.95. The first kappa shape index (κ1) is 14.8. The molecule has 108 valence electrons. The minimum atomic E-state index is -1.09. The van der Waals surface area contributed by atoms with Crippen LogP contribution in [0.1, 0.15) is 29.6 Å². The summed E-state index contributed by atoms with van der Waals surface area (Å²) in [5, 5.41) is 15.4. The van der Waals surface area contributed by atoms with Crippen LogP contribution < -0.4 is 10.6 Å². The molecule has 1 unspecified atom stereocenters. The second kappa shape index (κ2) is 6.72. The quantitative estimate of drug-likeness (QED) is 0.797. The topological polar surface area (TPSA) is 78.4 Å². The lowest BCUT2D eigenvalue weighted by molar-refractivity contribution is -0.117. The maximum Gasteiger partial charge on any atom is 0.337 e. The number of aromatic carboxylic acids is 1. The summed E-state index contributed by atoms with van der Waals surface area (Å²) in [6, 6.07) is 4.34. The Kier molecular flexibility index (Phi) is 4.98. The summed E-state index contributed by atoms with van der Waals surface area (Å²) in [6.45, 7) is 1.82. The molecule has 1 saturated heterocycles. The Morgan fingerprint density at radius 2 is 2.25 bits per heavy atom.